The van der Waals surface area contributed by atoms with Crippen molar-refractivity contribution < 1.29 is 9.53 Å². The van der Waals surface area contributed by atoms with Gasteiger partial charge < -0.3 is 15.4 Å². The van der Waals surface area contributed by atoms with Crippen LogP contribution in [0.25, 0.3) is 0 Å². The van der Waals surface area contributed by atoms with Crippen LogP contribution in [0.3, 0.4) is 0 Å². The van der Waals surface area contributed by atoms with E-state index in [-0.39, 0.29) is 12.0 Å². The first-order chi connectivity index (χ1) is 10.3. The number of carbonyl (C=O) groups excluding carboxylic acids is 1. The third kappa shape index (κ3) is 5.83. The summed E-state index contributed by atoms with van der Waals surface area (Å²) in [5.41, 5.74) is 1.32. The number of carbonyl (C=O) groups is 1. The van der Waals surface area contributed by atoms with Gasteiger partial charge in [-0.1, -0.05) is 30.3 Å². The summed E-state index contributed by atoms with van der Waals surface area (Å²) in [5, 5.41) is 5.91. The second-order valence-corrected chi connectivity index (χ2v) is 5.37. The van der Waals surface area contributed by atoms with E-state index >= 15 is 0 Å². The lowest BCUT2D eigenvalue weighted by molar-refractivity contribution is -0.122. The molecule has 1 aromatic rings. The van der Waals surface area contributed by atoms with Crippen LogP contribution in [0.4, 0.5) is 0 Å². The van der Waals surface area contributed by atoms with Gasteiger partial charge in [-0.05, 0) is 12.6 Å². The molecule has 0 spiro atoms. The summed E-state index contributed by atoms with van der Waals surface area (Å²) in [6.07, 6.45) is 0.595. The van der Waals surface area contributed by atoms with E-state index in [0.29, 0.717) is 19.5 Å². The van der Waals surface area contributed by atoms with Gasteiger partial charge in [-0.2, -0.15) is 0 Å². The molecule has 1 aromatic carbocycles. The highest BCUT2D eigenvalue weighted by Crippen LogP contribution is 2.10. The van der Waals surface area contributed by atoms with Crippen molar-refractivity contribution in [1.29, 1.82) is 0 Å². The van der Waals surface area contributed by atoms with Crippen LogP contribution in [0.5, 0.6) is 0 Å². The first kappa shape index (κ1) is 15.9. The first-order valence-corrected chi connectivity index (χ1v) is 7.57. The molecule has 1 heterocycles. The Morgan fingerprint density at radius 1 is 1.38 bits per heavy atom. The van der Waals surface area contributed by atoms with Gasteiger partial charge in [0.2, 0.25) is 5.91 Å². The van der Waals surface area contributed by atoms with Crippen LogP contribution in [-0.4, -0.2) is 56.7 Å². The first-order valence-electron chi connectivity index (χ1n) is 7.57. The minimum Gasteiger partial charge on any atom is -0.374 e. The van der Waals surface area contributed by atoms with Gasteiger partial charge in [-0.25, -0.2) is 0 Å². The molecule has 1 aliphatic rings. The number of hydrogen-bond donors (Lipinski definition) is 2. The monoisotopic (exact) mass is 291 g/mol. The number of rotatable bonds is 7. The molecule has 0 aromatic heterocycles. The molecule has 1 atom stereocenters. The molecule has 0 radical (unpaired) electrons. The van der Waals surface area contributed by atoms with E-state index in [1.165, 1.54) is 5.56 Å². The van der Waals surface area contributed by atoms with Crippen molar-refractivity contribution in [2.75, 3.05) is 39.8 Å². The van der Waals surface area contributed by atoms with Gasteiger partial charge in [0, 0.05) is 39.1 Å². The quantitative estimate of drug-likeness (QED) is 0.773. The molecule has 1 amide bonds. The van der Waals surface area contributed by atoms with E-state index < -0.39 is 0 Å². The summed E-state index contributed by atoms with van der Waals surface area (Å²) in [6.45, 7) is 4.77. The van der Waals surface area contributed by atoms with E-state index in [0.717, 1.165) is 26.2 Å². The average Bonchev–Trinajstić information content (AvgIpc) is 2.52. The third-order valence-electron chi connectivity index (χ3n) is 3.60. The molecule has 21 heavy (non-hydrogen) atoms. The summed E-state index contributed by atoms with van der Waals surface area (Å²) in [5.74, 6) is 0.0770. The Bertz CT molecular complexity index is 425. The molecule has 116 valence electrons. The molecular formula is C16H25N3O2. The zero-order valence-corrected chi connectivity index (χ0v) is 12.7. The average molecular weight is 291 g/mol. The lowest BCUT2D eigenvalue weighted by Gasteiger charge is -2.33. The third-order valence-corrected chi connectivity index (χ3v) is 3.60. The van der Waals surface area contributed by atoms with Gasteiger partial charge in [0.25, 0.3) is 0 Å². The van der Waals surface area contributed by atoms with Crippen molar-refractivity contribution in [3.8, 4) is 0 Å². The largest absolute Gasteiger partial charge is 0.374 e. The highest BCUT2D eigenvalue weighted by atomic mass is 16.5. The second-order valence-electron chi connectivity index (χ2n) is 5.37. The van der Waals surface area contributed by atoms with Crippen molar-refractivity contribution in [2.45, 2.75) is 19.1 Å². The fraction of sp³-hybridized carbons (Fsp3) is 0.562. The summed E-state index contributed by atoms with van der Waals surface area (Å²) in [4.78, 5) is 14.0. The molecule has 5 heteroatoms. The fourth-order valence-electron chi connectivity index (χ4n) is 2.44. The molecule has 1 unspecified atom stereocenters. The highest BCUT2D eigenvalue weighted by molar-refractivity contribution is 5.76. The van der Waals surface area contributed by atoms with Crippen molar-refractivity contribution >= 4 is 5.91 Å². The topological polar surface area (TPSA) is 53.6 Å². The molecule has 1 saturated heterocycles. The molecule has 5 nitrogen and oxygen atoms in total. The van der Waals surface area contributed by atoms with Crippen molar-refractivity contribution in [3.63, 3.8) is 0 Å². The van der Waals surface area contributed by atoms with Crippen LogP contribution in [0.15, 0.2) is 30.3 Å². The predicted molar refractivity (Wildman–Crippen MR) is 83.0 cm³/mol. The van der Waals surface area contributed by atoms with Gasteiger partial charge in [-0.15, -0.1) is 0 Å². The van der Waals surface area contributed by atoms with Crippen LogP contribution in [0.1, 0.15) is 12.0 Å². The molecule has 0 bridgehead atoms. The van der Waals surface area contributed by atoms with Crippen molar-refractivity contribution in [3.05, 3.63) is 35.9 Å². The lowest BCUT2D eigenvalue weighted by atomic mass is 10.2. The van der Waals surface area contributed by atoms with Crippen LogP contribution in [0, 0.1) is 0 Å². The summed E-state index contributed by atoms with van der Waals surface area (Å²) >= 11 is 0. The molecular weight excluding hydrogens is 266 g/mol. The molecule has 1 aliphatic heterocycles. The Morgan fingerprint density at radius 3 is 2.95 bits per heavy atom. The number of ether oxygens (including phenoxy) is 1. The lowest BCUT2D eigenvalue weighted by Crippen LogP contribution is -2.47. The maximum Gasteiger partial charge on any atom is 0.221 e. The second kappa shape index (κ2) is 8.77. The fourth-order valence-corrected chi connectivity index (χ4v) is 2.44. The Morgan fingerprint density at radius 2 is 2.19 bits per heavy atom. The normalized spacial score (nSPS) is 19.4. The molecule has 0 saturated carbocycles. The minimum absolute atomic E-state index is 0.0770. The van der Waals surface area contributed by atoms with Crippen LogP contribution in [0.2, 0.25) is 0 Å². The maximum atomic E-state index is 11.6. The molecule has 2 rings (SSSR count). The molecule has 0 aliphatic carbocycles. The number of benzene rings is 1. The number of hydrogen-bond acceptors (Lipinski definition) is 4. The number of nitrogens with one attached hydrogen (secondary N) is 2. The molecule has 1 fully saturated rings. The predicted octanol–water partition coefficient (Wildman–Crippen LogP) is 0.613. The Balaban J connectivity index is 1.72. The van der Waals surface area contributed by atoms with E-state index in [1.54, 1.807) is 0 Å². The van der Waals surface area contributed by atoms with Crippen molar-refractivity contribution in [2.24, 2.45) is 0 Å². The van der Waals surface area contributed by atoms with Gasteiger partial charge in [0.1, 0.15) is 0 Å². The number of amides is 1. The standard InChI is InChI=1S/C16H25N3O2/c1-17-8-7-16(20)18-11-15-13-19(9-10-21-15)12-14-5-3-2-4-6-14/h2-6,15,17H,7-13H2,1H3,(H,18,20). The van der Waals surface area contributed by atoms with E-state index in [2.05, 4.69) is 39.8 Å². The summed E-state index contributed by atoms with van der Waals surface area (Å²) in [6, 6.07) is 10.4. The van der Waals surface area contributed by atoms with E-state index in [4.69, 9.17) is 4.74 Å². The maximum absolute atomic E-state index is 11.6. The van der Waals surface area contributed by atoms with Gasteiger partial charge in [0.05, 0.1) is 12.7 Å². The highest BCUT2D eigenvalue weighted by Gasteiger charge is 2.20. The Kier molecular flexibility index (Phi) is 6.66. The Labute approximate surface area is 126 Å². The number of nitrogens with zero attached hydrogens (tertiary/aromatic N) is 1. The van der Waals surface area contributed by atoms with Crippen LogP contribution < -0.4 is 10.6 Å². The smallest absolute Gasteiger partial charge is 0.221 e. The van der Waals surface area contributed by atoms with Crippen LogP contribution >= 0.6 is 0 Å². The summed E-state index contributed by atoms with van der Waals surface area (Å²) in [7, 11) is 1.85. The zero-order valence-electron chi connectivity index (χ0n) is 12.7. The van der Waals surface area contributed by atoms with Gasteiger partial charge >= 0.3 is 0 Å². The SMILES string of the molecule is CNCCC(=O)NCC1CN(Cc2ccccc2)CCO1. The molecule has 2 N–H and O–H groups in total. The van der Waals surface area contributed by atoms with Crippen LogP contribution in [-0.2, 0) is 16.1 Å². The zero-order chi connectivity index (χ0) is 14.9. The van der Waals surface area contributed by atoms with Gasteiger partial charge in [0.15, 0.2) is 0 Å². The van der Waals surface area contributed by atoms with E-state index in [1.807, 2.05) is 13.1 Å². The number of morpholine rings is 1. The van der Waals surface area contributed by atoms with Crippen molar-refractivity contribution in [1.82, 2.24) is 15.5 Å². The minimum atomic E-state index is 0.0770. The van der Waals surface area contributed by atoms with Gasteiger partial charge in [-0.3, -0.25) is 9.69 Å². The van der Waals surface area contributed by atoms with E-state index in [9.17, 15) is 4.79 Å². The Hall–Kier alpha value is -1.43. The summed E-state index contributed by atoms with van der Waals surface area (Å²) < 4.78 is 5.73.